The lowest BCUT2D eigenvalue weighted by Gasteiger charge is -2.18. The summed E-state index contributed by atoms with van der Waals surface area (Å²) in [6.45, 7) is 6.52. The molecule has 6 heteroatoms. The molecule has 0 rings (SSSR count). The van der Waals surface area contributed by atoms with Crippen molar-refractivity contribution in [3.05, 3.63) is 72.9 Å². The van der Waals surface area contributed by atoms with Gasteiger partial charge in [-0.2, -0.15) is 0 Å². The summed E-state index contributed by atoms with van der Waals surface area (Å²) in [4.78, 5) is 38.2. The van der Waals surface area contributed by atoms with E-state index in [0.29, 0.717) is 19.3 Å². The van der Waals surface area contributed by atoms with Crippen LogP contribution in [0.1, 0.15) is 303 Å². The van der Waals surface area contributed by atoms with Gasteiger partial charge in [-0.05, 0) is 109 Å². The summed E-state index contributed by atoms with van der Waals surface area (Å²) in [6.07, 6.45) is 76.1. The molecule has 0 N–H and O–H groups in total. The van der Waals surface area contributed by atoms with Gasteiger partial charge in [0, 0.05) is 19.3 Å². The molecule has 0 bridgehead atoms. The maximum Gasteiger partial charge on any atom is 0.306 e. The summed E-state index contributed by atoms with van der Waals surface area (Å²) < 4.78 is 16.9. The molecule has 0 aliphatic heterocycles. The van der Waals surface area contributed by atoms with E-state index in [1.54, 1.807) is 0 Å². The lowest BCUT2D eigenvalue weighted by atomic mass is 10.0. The van der Waals surface area contributed by atoms with Crippen LogP contribution in [0.15, 0.2) is 72.9 Å². The van der Waals surface area contributed by atoms with Crippen LogP contribution in [-0.4, -0.2) is 37.2 Å². The zero-order chi connectivity index (χ0) is 51.4. The number of esters is 3. The SMILES string of the molecule is CC/C=C\C/C=C\C/C=C\C/C=C\CCCCCCC(=O)OC[C@H](COC(=O)CCCCCCCCC/C=C\CCCCCC)OC(=O)CCCCCCCCCCCCC/C=C\CCCCCCCC. The number of unbranched alkanes of at least 4 members (excludes halogenated alkanes) is 32. The molecule has 6 nitrogen and oxygen atoms in total. The minimum absolute atomic E-state index is 0.0846. The van der Waals surface area contributed by atoms with Crippen molar-refractivity contribution in [2.75, 3.05) is 13.2 Å². The van der Waals surface area contributed by atoms with Crippen molar-refractivity contribution >= 4 is 17.9 Å². The summed E-state index contributed by atoms with van der Waals surface area (Å²) in [6, 6.07) is 0. The molecule has 0 unspecified atom stereocenters. The van der Waals surface area contributed by atoms with Crippen molar-refractivity contribution in [3.8, 4) is 0 Å². The van der Waals surface area contributed by atoms with Crippen molar-refractivity contribution in [1.29, 1.82) is 0 Å². The second-order valence-corrected chi connectivity index (χ2v) is 20.2. The fourth-order valence-electron chi connectivity index (χ4n) is 8.60. The van der Waals surface area contributed by atoms with Crippen molar-refractivity contribution in [1.82, 2.24) is 0 Å². The molecule has 0 aromatic carbocycles. The van der Waals surface area contributed by atoms with Crippen molar-refractivity contribution in [2.45, 2.75) is 309 Å². The molecule has 0 heterocycles. The van der Waals surface area contributed by atoms with E-state index in [1.807, 2.05) is 0 Å². The van der Waals surface area contributed by atoms with E-state index >= 15 is 0 Å². The van der Waals surface area contributed by atoms with Gasteiger partial charge in [-0.15, -0.1) is 0 Å². The number of carbonyl (C=O) groups is 3. The Kier molecular flexibility index (Phi) is 56.8. The highest BCUT2D eigenvalue weighted by atomic mass is 16.6. The lowest BCUT2D eigenvalue weighted by molar-refractivity contribution is -0.167. The summed E-state index contributed by atoms with van der Waals surface area (Å²) in [5.74, 6) is -0.902. The first-order valence-corrected chi connectivity index (χ1v) is 30.4. The molecule has 0 radical (unpaired) electrons. The molecule has 71 heavy (non-hydrogen) atoms. The molecule has 0 aliphatic carbocycles. The summed E-state index contributed by atoms with van der Waals surface area (Å²) in [7, 11) is 0. The van der Waals surface area contributed by atoms with Crippen LogP contribution in [0, 0.1) is 0 Å². The topological polar surface area (TPSA) is 78.9 Å². The standard InChI is InChI=1S/C65H114O6/c1-4-7-10-13-16-19-22-25-28-30-31-32-33-35-38-41-44-47-50-53-56-59-65(68)71-62(60-69-63(66)57-54-51-48-45-42-39-36-27-24-21-18-15-12-9-6-3)61-70-64(67)58-55-52-49-46-43-40-37-34-29-26-23-20-17-14-11-8-5-2/h8,11,17,20-21,24-26,28-29,37,40,62H,4-7,9-10,12-16,18-19,22-23,27,30-36,38-39,41-61H2,1-3H3/b11-8-,20-17-,24-21-,28-25-,29-26-,40-37-/t62-/m0/s1. The molecule has 0 saturated carbocycles. The number of hydrogen-bond acceptors (Lipinski definition) is 6. The maximum absolute atomic E-state index is 12.9. The number of hydrogen-bond donors (Lipinski definition) is 0. The lowest BCUT2D eigenvalue weighted by Crippen LogP contribution is -2.30. The van der Waals surface area contributed by atoms with E-state index in [4.69, 9.17) is 14.2 Å². The number of rotatable bonds is 55. The van der Waals surface area contributed by atoms with E-state index in [-0.39, 0.29) is 31.1 Å². The van der Waals surface area contributed by atoms with Gasteiger partial charge in [0.05, 0.1) is 0 Å². The van der Waals surface area contributed by atoms with E-state index in [2.05, 4.69) is 93.7 Å². The third kappa shape index (κ3) is 57.6. The second kappa shape index (κ2) is 59.4. The normalized spacial score (nSPS) is 12.5. The summed E-state index contributed by atoms with van der Waals surface area (Å²) >= 11 is 0. The molecule has 410 valence electrons. The van der Waals surface area contributed by atoms with Gasteiger partial charge in [-0.1, -0.05) is 248 Å². The third-order valence-electron chi connectivity index (χ3n) is 13.2. The van der Waals surface area contributed by atoms with Gasteiger partial charge >= 0.3 is 17.9 Å². The Balaban J connectivity index is 4.39. The number of allylic oxidation sites excluding steroid dienone is 12. The van der Waals surface area contributed by atoms with E-state index < -0.39 is 6.10 Å². The predicted octanol–water partition coefficient (Wildman–Crippen LogP) is 20.5. The van der Waals surface area contributed by atoms with Gasteiger partial charge in [-0.25, -0.2) is 0 Å². The Morgan fingerprint density at radius 1 is 0.296 bits per heavy atom. The Labute approximate surface area is 440 Å². The molecule has 0 spiro atoms. The molecule has 0 aromatic rings. The van der Waals surface area contributed by atoms with Gasteiger partial charge in [0.25, 0.3) is 0 Å². The predicted molar refractivity (Wildman–Crippen MR) is 307 cm³/mol. The molecule has 0 amide bonds. The van der Waals surface area contributed by atoms with Gasteiger partial charge in [0.2, 0.25) is 0 Å². The number of carbonyl (C=O) groups excluding carboxylic acids is 3. The third-order valence-corrected chi connectivity index (χ3v) is 13.2. The zero-order valence-electron chi connectivity index (χ0n) is 47.0. The van der Waals surface area contributed by atoms with Crippen molar-refractivity contribution in [3.63, 3.8) is 0 Å². The van der Waals surface area contributed by atoms with Gasteiger partial charge < -0.3 is 14.2 Å². The smallest absolute Gasteiger partial charge is 0.306 e. The minimum Gasteiger partial charge on any atom is -0.462 e. The highest BCUT2D eigenvalue weighted by Crippen LogP contribution is 2.16. The zero-order valence-corrected chi connectivity index (χ0v) is 47.0. The Bertz CT molecular complexity index is 1320. The van der Waals surface area contributed by atoms with Gasteiger partial charge in [0.1, 0.15) is 13.2 Å². The van der Waals surface area contributed by atoms with Crippen LogP contribution in [-0.2, 0) is 28.6 Å². The van der Waals surface area contributed by atoms with Gasteiger partial charge in [-0.3, -0.25) is 14.4 Å². The van der Waals surface area contributed by atoms with Crippen LogP contribution in [0.2, 0.25) is 0 Å². The highest BCUT2D eigenvalue weighted by molar-refractivity contribution is 5.71. The van der Waals surface area contributed by atoms with E-state index in [9.17, 15) is 14.4 Å². The molecular weight excluding hydrogens is 877 g/mol. The van der Waals surface area contributed by atoms with E-state index in [1.165, 1.54) is 167 Å². The molecule has 1 atom stereocenters. The van der Waals surface area contributed by atoms with Crippen LogP contribution in [0.3, 0.4) is 0 Å². The Morgan fingerprint density at radius 3 is 0.887 bits per heavy atom. The van der Waals surface area contributed by atoms with E-state index in [0.717, 1.165) is 96.3 Å². The highest BCUT2D eigenvalue weighted by Gasteiger charge is 2.19. The Hall–Kier alpha value is -3.15. The first-order valence-electron chi connectivity index (χ1n) is 30.4. The minimum atomic E-state index is -0.788. The van der Waals surface area contributed by atoms with Crippen LogP contribution in [0.25, 0.3) is 0 Å². The first kappa shape index (κ1) is 67.8. The fraction of sp³-hybridized carbons (Fsp3) is 0.769. The largest absolute Gasteiger partial charge is 0.462 e. The second-order valence-electron chi connectivity index (χ2n) is 20.2. The van der Waals surface area contributed by atoms with Crippen molar-refractivity contribution < 1.29 is 28.6 Å². The van der Waals surface area contributed by atoms with Crippen LogP contribution >= 0.6 is 0 Å². The molecular formula is C65H114O6. The number of ether oxygens (including phenoxy) is 3. The maximum atomic E-state index is 12.9. The average Bonchev–Trinajstić information content (AvgIpc) is 3.37. The Morgan fingerprint density at radius 2 is 0.549 bits per heavy atom. The quantitative estimate of drug-likeness (QED) is 0.0261. The average molecular weight is 992 g/mol. The summed E-state index contributed by atoms with van der Waals surface area (Å²) in [5, 5.41) is 0. The summed E-state index contributed by atoms with van der Waals surface area (Å²) in [5.41, 5.74) is 0. The molecule has 0 aromatic heterocycles. The molecule has 0 saturated heterocycles. The first-order chi connectivity index (χ1) is 35.0. The molecule has 0 fully saturated rings. The van der Waals surface area contributed by atoms with Crippen LogP contribution in [0.5, 0.6) is 0 Å². The fourth-order valence-corrected chi connectivity index (χ4v) is 8.60. The molecule has 0 aliphatic rings. The monoisotopic (exact) mass is 991 g/mol. The van der Waals surface area contributed by atoms with Crippen LogP contribution < -0.4 is 0 Å². The van der Waals surface area contributed by atoms with Crippen LogP contribution in [0.4, 0.5) is 0 Å². The van der Waals surface area contributed by atoms with Crippen molar-refractivity contribution in [2.24, 2.45) is 0 Å². The van der Waals surface area contributed by atoms with Gasteiger partial charge in [0.15, 0.2) is 6.10 Å².